The van der Waals surface area contributed by atoms with Gasteiger partial charge in [-0.05, 0) is 50.8 Å². The highest BCUT2D eigenvalue weighted by molar-refractivity contribution is 5.01. The monoisotopic (exact) mass is 288 g/mol. The Kier molecular flexibility index (Phi) is 3.99. The van der Waals surface area contributed by atoms with Crippen LogP contribution in [0, 0.1) is 5.92 Å². The highest BCUT2D eigenvalue weighted by Gasteiger charge is 2.33. The Balaban J connectivity index is 1.32. The minimum absolute atomic E-state index is 0.657. The van der Waals surface area contributed by atoms with E-state index in [1.807, 2.05) is 0 Å². The second kappa shape index (κ2) is 6.09. The Hall–Kier alpha value is -0.870. The molecule has 5 rings (SSSR count). The van der Waals surface area contributed by atoms with Gasteiger partial charge in [-0.3, -0.25) is 4.68 Å². The summed E-state index contributed by atoms with van der Waals surface area (Å²) in [5, 5.41) is 8.59. The van der Waals surface area contributed by atoms with Crippen LogP contribution < -0.4 is 5.32 Å². The number of hydrogen-bond donors (Lipinski definition) is 1. The van der Waals surface area contributed by atoms with E-state index >= 15 is 0 Å². The van der Waals surface area contributed by atoms with E-state index in [2.05, 4.69) is 27.2 Å². The molecule has 1 aliphatic carbocycles. The zero-order chi connectivity index (χ0) is 14.1. The van der Waals surface area contributed by atoms with Gasteiger partial charge in [-0.2, -0.15) is 5.10 Å². The quantitative estimate of drug-likeness (QED) is 0.924. The van der Waals surface area contributed by atoms with Gasteiger partial charge < -0.3 is 10.2 Å². The first-order chi connectivity index (χ1) is 10.4. The lowest BCUT2D eigenvalue weighted by molar-refractivity contribution is 0.0718. The molecule has 2 bridgehead atoms. The number of nitrogens with zero attached hydrogens (tertiary/aromatic N) is 3. The summed E-state index contributed by atoms with van der Waals surface area (Å²) in [6.07, 6.45) is 11.7. The predicted molar refractivity (Wildman–Crippen MR) is 84.1 cm³/mol. The third kappa shape index (κ3) is 3.02. The fourth-order valence-corrected chi connectivity index (χ4v) is 4.45. The zero-order valence-electron chi connectivity index (χ0n) is 13.0. The van der Waals surface area contributed by atoms with Gasteiger partial charge in [0.25, 0.3) is 0 Å². The second-order valence-corrected chi connectivity index (χ2v) is 7.20. The number of nitrogens with one attached hydrogen (secondary N) is 1. The van der Waals surface area contributed by atoms with E-state index in [-0.39, 0.29) is 0 Å². The van der Waals surface area contributed by atoms with Crippen LogP contribution in [0.1, 0.15) is 56.7 Å². The minimum Gasteiger partial charge on any atom is -0.307 e. The van der Waals surface area contributed by atoms with Crippen LogP contribution in [-0.4, -0.2) is 40.4 Å². The summed E-state index contributed by atoms with van der Waals surface area (Å²) in [6, 6.07) is 3.56. The molecule has 0 aromatic carbocycles. The van der Waals surface area contributed by atoms with Crippen LogP contribution >= 0.6 is 0 Å². The predicted octanol–water partition coefficient (Wildman–Crippen LogP) is 2.57. The lowest BCUT2D eigenvalue weighted by Crippen LogP contribution is -2.55. The van der Waals surface area contributed by atoms with Crippen LogP contribution in [0.2, 0.25) is 0 Å². The Morgan fingerprint density at radius 2 is 1.90 bits per heavy atom. The molecule has 4 fully saturated rings. The molecule has 4 aliphatic rings. The highest BCUT2D eigenvalue weighted by Crippen LogP contribution is 2.28. The zero-order valence-corrected chi connectivity index (χ0v) is 13.0. The maximum absolute atomic E-state index is 4.82. The molecule has 1 saturated carbocycles. The summed E-state index contributed by atoms with van der Waals surface area (Å²) in [6.45, 7) is 4.82. The summed E-state index contributed by atoms with van der Waals surface area (Å²) in [5.41, 5.74) is 1.22. The smallest absolute Gasteiger partial charge is 0.0762 e. The van der Waals surface area contributed by atoms with Gasteiger partial charge in [0.1, 0.15) is 0 Å². The standard InChI is InChI=1S/C17H28N4/c1-2-4-16(5-3-1)21-11-8-15(19-21)12-18-17-13-20-9-6-14(17)7-10-20/h8,11,14,16-18H,1-7,9-10,12-13H2. The molecule has 4 heteroatoms. The minimum atomic E-state index is 0.657. The van der Waals surface area contributed by atoms with Crippen molar-refractivity contribution >= 4 is 0 Å². The molecule has 21 heavy (non-hydrogen) atoms. The summed E-state index contributed by atoms with van der Waals surface area (Å²) >= 11 is 0. The van der Waals surface area contributed by atoms with Gasteiger partial charge in [-0.25, -0.2) is 0 Å². The van der Waals surface area contributed by atoms with Crippen molar-refractivity contribution in [3.63, 3.8) is 0 Å². The van der Waals surface area contributed by atoms with Crippen LogP contribution in [0.15, 0.2) is 12.3 Å². The summed E-state index contributed by atoms with van der Waals surface area (Å²) in [7, 11) is 0. The van der Waals surface area contributed by atoms with E-state index < -0.39 is 0 Å². The van der Waals surface area contributed by atoms with Crippen molar-refractivity contribution in [3.05, 3.63) is 18.0 Å². The van der Waals surface area contributed by atoms with Crippen LogP contribution in [0.5, 0.6) is 0 Å². The lowest BCUT2D eigenvalue weighted by Gasteiger charge is -2.45. The Labute approximate surface area is 127 Å². The molecule has 1 unspecified atom stereocenters. The molecule has 4 heterocycles. The molecule has 0 amide bonds. The van der Waals surface area contributed by atoms with E-state index in [1.54, 1.807) is 0 Å². The molecule has 1 atom stereocenters. The summed E-state index contributed by atoms with van der Waals surface area (Å²) in [5.74, 6) is 0.899. The SMILES string of the molecule is c1cn(C2CCCCC2)nc1CNC1CN2CCC1CC2. The molecule has 4 nitrogen and oxygen atoms in total. The largest absolute Gasteiger partial charge is 0.307 e. The van der Waals surface area contributed by atoms with Crippen molar-refractivity contribution in [1.29, 1.82) is 0 Å². The van der Waals surface area contributed by atoms with Gasteiger partial charge in [0, 0.05) is 25.3 Å². The van der Waals surface area contributed by atoms with Gasteiger partial charge in [0.15, 0.2) is 0 Å². The van der Waals surface area contributed by atoms with Crippen LogP contribution in [0.4, 0.5) is 0 Å². The Bertz CT molecular complexity index is 455. The van der Waals surface area contributed by atoms with Crippen molar-refractivity contribution in [3.8, 4) is 0 Å². The molecule has 116 valence electrons. The second-order valence-electron chi connectivity index (χ2n) is 7.20. The lowest BCUT2D eigenvalue weighted by atomic mass is 9.84. The van der Waals surface area contributed by atoms with Crippen LogP contribution in [-0.2, 0) is 6.54 Å². The Morgan fingerprint density at radius 1 is 1.10 bits per heavy atom. The fraction of sp³-hybridized carbons (Fsp3) is 0.824. The van der Waals surface area contributed by atoms with Crippen LogP contribution in [0.25, 0.3) is 0 Å². The molecule has 1 N–H and O–H groups in total. The van der Waals surface area contributed by atoms with Crippen LogP contribution in [0.3, 0.4) is 0 Å². The van der Waals surface area contributed by atoms with Crippen molar-refractivity contribution in [2.45, 2.75) is 63.6 Å². The molecule has 0 radical (unpaired) electrons. The van der Waals surface area contributed by atoms with Gasteiger partial charge in [0.2, 0.25) is 0 Å². The normalized spacial score (nSPS) is 33.4. The molecular formula is C17H28N4. The highest BCUT2D eigenvalue weighted by atomic mass is 15.3. The number of aromatic nitrogens is 2. The number of piperidine rings is 3. The molecule has 0 spiro atoms. The topological polar surface area (TPSA) is 33.1 Å². The van der Waals surface area contributed by atoms with E-state index in [4.69, 9.17) is 5.10 Å². The summed E-state index contributed by atoms with van der Waals surface area (Å²) < 4.78 is 2.23. The van der Waals surface area contributed by atoms with Crippen molar-refractivity contribution < 1.29 is 0 Å². The van der Waals surface area contributed by atoms with Crippen molar-refractivity contribution in [2.24, 2.45) is 5.92 Å². The molecular weight excluding hydrogens is 260 g/mol. The average Bonchev–Trinajstić information content (AvgIpc) is 3.04. The molecule has 1 aromatic heterocycles. The van der Waals surface area contributed by atoms with Gasteiger partial charge in [-0.1, -0.05) is 19.3 Å². The van der Waals surface area contributed by atoms with E-state index in [0.717, 1.165) is 12.5 Å². The molecule has 1 aromatic rings. The number of rotatable bonds is 4. The van der Waals surface area contributed by atoms with E-state index in [0.29, 0.717) is 12.1 Å². The first-order valence-electron chi connectivity index (χ1n) is 8.88. The Morgan fingerprint density at radius 3 is 2.62 bits per heavy atom. The number of hydrogen-bond acceptors (Lipinski definition) is 3. The van der Waals surface area contributed by atoms with Crippen molar-refractivity contribution in [1.82, 2.24) is 20.0 Å². The first kappa shape index (κ1) is 13.8. The van der Waals surface area contributed by atoms with E-state index in [9.17, 15) is 0 Å². The van der Waals surface area contributed by atoms with E-state index in [1.165, 1.54) is 70.3 Å². The third-order valence-corrected chi connectivity index (χ3v) is 5.81. The van der Waals surface area contributed by atoms with Gasteiger partial charge >= 0.3 is 0 Å². The molecule has 3 aliphatic heterocycles. The maximum Gasteiger partial charge on any atom is 0.0762 e. The first-order valence-corrected chi connectivity index (χ1v) is 8.88. The molecule has 3 saturated heterocycles. The average molecular weight is 288 g/mol. The fourth-order valence-electron chi connectivity index (χ4n) is 4.45. The van der Waals surface area contributed by atoms with Crippen molar-refractivity contribution in [2.75, 3.05) is 19.6 Å². The maximum atomic E-state index is 4.82. The van der Waals surface area contributed by atoms with Gasteiger partial charge in [0.05, 0.1) is 11.7 Å². The summed E-state index contributed by atoms with van der Waals surface area (Å²) in [4.78, 5) is 2.61. The third-order valence-electron chi connectivity index (χ3n) is 5.81. The van der Waals surface area contributed by atoms with Gasteiger partial charge in [-0.15, -0.1) is 0 Å². The number of fused-ring (bicyclic) bond motifs is 3.